The van der Waals surface area contributed by atoms with E-state index in [4.69, 9.17) is 9.47 Å². The number of rotatable bonds is 9. The summed E-state index contributed by atoms with van der Waals surface area (Å²) in [4.78, 5) is 25.7. The van der Waals surface area contributed by atoms with Crippen molar-refractivity contribution >= 4 is 17.4 Å². The van der Waals surface area contributed by atoms with Crippen molar-refractivity contribution in [2.45, 2.75) is 6.92 Å². The normalized spacial score (nSPS) is 10.5. The molecule has 6 heteroatoms. The molecule has 0 spiro atoms. The first-order chi connectivity index (χ1) is 12.5. The summed E-state index contributed by atoms with van der Waals surface area (Å²) < 4.78 is 10.9. The van der Waals surface area contributed by atoms with Crippen molar-refractivity contribution in [3.8, 4) is 11.5 Å². The van der Waals surface area contributed by atoms with Crippen LogP contribution in [0.3, 0.4) is 0 Å². The van der Waals surface area contributed by atoms with Crippen LogP contribution in [0.25, 0.3) is 0 Å². The average Bonchev–Trinajstić information content (AvgIpc) is 2.62. The molecule has 0 saturated carbocycles. The first-order valence-corrected chi connectivity index (χ1v) is 8.35. The maximum Gasteiger partial charge on any atom is 0.238 e. The summed E-state index contributed by atoms with van der Waals surface area (Å²) in [5.74, 6) is 1.08. The van der Waals surface area contributed by atoms with Crippen LogP contribution >= 0.6 is 0 Å². The van der Waals surface area contributed by atoms with Crippen molar-refractivity contribution in [3.05, 3.63) is 54.1 Å². The lowest BCUT2D eigenvalue weighted by atomic mass is 10.1. The molecule has 0 aliphatic heterocycles. The Balaban J connectivity index is 1.81. The number of nitrogens with zero attached hydrogens (tertiary/aromatic N) is 1. The molecule has 0 atom stereocenters. The van der Waals surface area contributed by atoms with Gasteiger partial charge in [0.15, 0.2) is 17.3 Å². The number of amides is 1. The van der Waals surface area contributed by atoms with Crippen LogP contribution in [-0.2, 0) is 4.79 Å². The van der Waals surface area contributed by atoms with Crippen molar-refractivity contribution in [2.75, 3.05) is 39.2 Å². The van der Waals surface area contributed by atoms with E-state index < -0.39 is 0 Å². The molecule has 0 aliphatic rings. The zero-order chi connectivity index (χ0) is 18.9. The molecule has 0 fully saturated rings. The third kappa shape index (κ3) is 5.60. The smallest absolute Gasteiger partial charge is 0.238 e. The van der Waals surface area contributed by atoms with E-state index in [0.717, 1.165) is 0 Å². The number of anilines is 1. The zero-order valence-electron chi connectivity index (χ0n) is 15.3. The number of nitrogens with one attached hydrogen (secondary N) is 1. The number of hydrogen-bond donors (Lipinski definition) is 1. The summed E-state index contributed by atoms with van der Waals surface area (Å²) in [7, 11) is 3.43. The highest BCUT2D eigenvalue weighted by atomic mass is 16.5. The highest BCUT2D eigenvalue weighted by Gasteiger charge is 2.12. The van der Waals surface area contributed by atoms with Gasteiger partial charge in [-0.25, -0.2) is 0 Å². The molecule has 6 nitrogen and oxygen atoms in total. The summed E-state index contributed by atoms with van der Waals surface area (Å²) in [5, 5.41) is 2.79. The SMILES string of the molecule is COc1ccccc1OCCN(C)CC(=O)Nc1ccccc1C(C)=O. The maximum absolute atomic E-state index is 12.2. The molecular formula is C20H24N2O4. The molecule has 1 N–H and O–H groups in total. The van der Waals surface area contributed by atoms with E-state index in [1.54, 1.807) is 31.4 Å². The Bertz CT molecular complexity index is 761. The largest absolute Gasteiger partial charge is 0.493 e. The summed E-state index contributed by atoms with van der Waals surface area (Å²) in [6, 6.07) is 14.4. The van der Waals surface area contributed by atoms with Crippen molar-refractivity contribution in [2.24, 2.45) is 0 Å². The van der Waals surface area contributed by atoms with Crippen LogP contribution < -0.4 is 14.8 Å². The molecule has 0 saturated heterocycles. The minimum absolute atomic E-state index is 0.0838. The summed E-state index contributed by atoms with van der Waals surface area (Å²) in [6.07, 6.45) is 0. The Morgan fingerprint density at radius 3 is 2.38 bits per heavy atom. The number of ether oxygens (including phenoxy) is 2. The maximum atomic E-state index is 12.2. The fourth-order valence-electron chi connectivity index (χ4n) is 2.46. The minimum atomic E-state index is -0.182. The molecule has 2 rings (SSSR count). The lowest BCUT2D eigenvalue weighted by Crippen LogP contribution is -2.33. The van der Waals surface area contributed by atoms with E-state index in [-0.39, 0.29) is 18.2 Å². The van der Waals surface area contributed by atoms with E-state index in [2.05, 4.69) is 5.32 Å². The van der Waals surface area contributed by atoms with Gasteiger partial charge in [-0.3, -0.25) is 14.5 Å². The second kappa shape index (κ2) is 9.58. The Labute approximate surface area is 153 Å². The van der Waals surface area contributed by atoms with Crippen LogP contribution in [0.4, 0.5) is 5.69 Å². The third-order valence-electron chi connectivity index (χ3n) is 3.79. The average molecular weight is 356 g/mol. The predicted molar refractivity (Wildman–Crippen MR) is 101 cm³/mol. The van der Waals surface area contributed by atoms with E-state index in [9.17, 15) is 9.59 Å². The second-order valence-corrected chi connectivity index (χ2v) is 5.89. The highest BCUT2D eigenvalue weighted by Crippen LogP contribution is 2.25. The van der Waals surface area contributed by atoms with Gasteiger partial charge in [0, 0.05) is 12.1 Å². The number of Topliss-reactive ketones (excluding diaryl/α,β-unsaturated/α-hetero) is 1. The first-order valence-electron chi connectivity index (χ1n) is 8.35. The molecule has 138 valence electrons. The number of hydrogen-bond acceptors (Lipinski definition) is 5. The molecule has 2 aromatic carbocycles. The number of para-hydroxylation sites is 3. The topological polar surface area (TPSA) is 67.9 Å². The van der Waals surface area contributed by atoms with E-state index >= 15 is 0 Å². The van der Waals surface area contributed by atoms with E-state index in [1.807, 2.05) is 36.2 Å². The summed E-state index contributed by atoms with van der Waals surface area (Å²) in [5.41, 5.74) is 1.03. The van der Waals surface area contributed by atoms with Gasteiger partial charge in [0.2, 0.25) is 5.91 Å². The standard InChI is InChI=1S/C20H24N2O4/c1-15(23)16-8-4-5-9-17(16)21-20(24)14-22(2)12-13-26-19-11-7-6-10-18(19)25-3/h4-11H,12-14H2,1-3H3,(H,21,24). The fourth-order valence-corrected chi connectivity index (χ4v) is 2.46. The predicted octanol–water partition coefficient (Wildman–Crippen LogP) is 2.85. The van der Waals surface area contributed by atoms with Crippen molar-refractivity contribution in [3.63, 3.8) is 0 Å². The van der Waals surface area contributed by atoms with Gasteiger partial charge in [-0.05, 0) is 38.2 Å². The Kier molecular flexibility index (Phi) is 7.17. The molecule has 0 aromatic heterocycles. The zero-order valence-corrected chi connectivity index (χ0v) is 15.3. The molecule has 0 radical (unpaired) electrons. The minimum Gasteiger partial charge on any atom is -0.493 e. The molecule has 0 aliphatic carbocycles. The van der Waals surface area contributed by atoms with Gasteiger partial charge in [0.25, 0.3) is 0 Å². The van der Waals surface area contributed by atoms with Gasteiger partial charge in [-0.2, -0.15) is 0 Å². The van der Waals surface area contributed by atoms with Crippen LogP contribution in [0.5, 0.6) is 11.5 Å². The van der Waals surface area contributed by atoms with Crippen LogP contribution in [0.1, 0.15) is 17.3 Å². The number of carbonyl (C=O) groups is 2. The van der Waals surface area contributed by atoms with Crippen LogP contribution in [0, 0.1) is 0 Å². The molecule has 2 aromatic rings. The molecule has 1 amide bonds. The Morgan fingerprint density at radius 1 is 1.04 bits per heavy atom. The van der Waals surface area contributed by atoms with Crippen molar-refractivity contribution in [1.82, 2.24) is 4.90 Å². The number of likely N-dealkylation sites (N-methyl/N-ethyl adjacent to an activating group) is 1. The molecular weight excluding hydrogens is 332 g/mol. The first kappa shape index (κ1) is 19.5. The van der Waals surface area contributed by atoms with Crippen LogP contribution in [0.2, 0.25) is 0 Å². The van der Waals surface area contributed by atoms with E-state index in [0.29, 0.717) is 35.9 Å². The van der Waals surface area contributed by atoms with Crippen LogP contribution in [0.15, 0.2) is 48.5 Å². The molecule has 0 heterocycles. The monoisotopic (exact) mass is 356 g/mol. The van der Waals surface area contributed by atoms with Gasteiger partial charge in [-0.1, -0.05) is 24.3 Å². The quantitative estimate of drug-likeness (QED) is 0.700. The Hall–Kier alpha value is -2.86. The number of carbonyl (C=O) groups excluding carboxylic acids is 2. The highest BCUT2D eigenvalue weighted by molar-refractivity contribution is 6.04. The van der Waals surface area contributed by atoms with Gasteiger partial charge in [0.1, 0.15) is 6.61 Å². The summed E-state index contributed by atoms with van der Waals surface area (Å²) in [6.45, 7) is 2.67. The number of ketones is 1. The molecule has 0 unspecified atom stereocenters. The van der Waals surface area contributed by atoms with Gasteiger partial charge < -0.3 is 14.8 Å². The number of methoxy groups -OCH3 is 1. The summed E-state index contributed by atoms with van der Waals surface area (Å²) >= 11 is 0. The lowest BCUT2D eigenvalue weighted by Gasteiger charge is -2.18. The number of benzene rings is 2. The second-order valence-electron chi connectivity index (χ2n) is 5.89. The Morgan fingerprint density at radius 2 is 1.69 bits per heavy atom. The van der Waals surface area contributed by atoms with Gasteiger partial charge in [-0.15, -0.1) is 0 Å². The third-order valence-corrected chi connectivity index (χ3v) is 3.79. The van der Waals surface area contributed by atoms with Gasteiger partial charge in [0.05, 0.1) is 19.3 Å². The lowest BCUT2D eigenvalue weighted by molar-refractivity contribution is -0.117. The molecule has 0 bridgehead atoms. The van der Waals surface area contributed by atoms with Crippen molar-refractivity contribution < 1.29 is 19.1 Å². The fraction of sp³-hybridized carbons (Fsp3) is 0.300. The van der Waals surface area contributed by atoms with E-state index in [1.165, 1.54) is 6.92 Å². The van der Waals surface area contributed by atoms with Crippen LogP contribution in [-0.4, -0.2) is 50.4 Å². The van der Waals surface area contributed by atoms with Gasteiger partial charge >= 0.3 is 0 Å². The molecule has 26 heavy (non-hydrogen) atoms. The van der Waals surface area contributed by atoms with Crippen molar-refractivity contribution in [1.29, 1.82) is 0 Å².